The Labute approximate surface area is 156 Å². The van der Waals surface area contributed by atoms with Gasteiger partial charge in [0.15, 0.2) is 11.5 Å². The molecule has 26 heavy (non-hydrogen) atoms. The predicted molar refractivity (Wildman–Crippen MR) is 104 cm³/mol. The number of carbonyl (C=O) groups is 1. The van der Waals surface area contributed by atoms with Crippen molar-refractivity contribution in [2.24, 2.45) is 5.92 Å². The van der Waals surface area contributed by atoms with Crippen LogP contribution < -0.4 is 9.47 Å². The van der Waals surface area contributed by atoms with Crippen molar-refractivity contribution in [1.82, 2.24) is 4.90 Å². The molecule has 4 heteroatoms. The van der Waals surface area contributed by atoms with Gasteiger partial charge in [0.25, 0.3) is 0 Å². The van der Waals surface area contributed by atoms with Crippen LogP contribution in [0.1, 0.15) is 38.8 Å². The molecule has 0 saturated carbocycles. The second-order valence-electron chi connectivity index (χ2n) is 6.97. The molecule has 0 bridgehead atoms. The van der Waals surface area contributed by atoms with Crippen molar-refractivity contribution in [2.45, 2.75) is 46.9 Å². The van der Waals surface area contributed by atoms with E-state index in [1.807, 2.05) is 81.1 Å². The highest BCUT2D eigenvalue weighted by molar-refractivity contribution is 5.78. The molecule has 2 aromatic carbocycles. The normalized spacial score (nSPS) is 10.9. The number of benzene rings is 2. The van der Waals surface area contributed by atoms with Crippen LogP contribution in [-0.4, -0.2) is 24.0 Å². The van der Waals surface area contributed by atoms with Gasteiger partial charge in [-0.25, -0.2) is 0 Å². The lowest BCUT2D eigenvalue weighted by molar-refractivity contribution is -0.136. The van der Waals surface area contributed by atoms with Gasteiger partial charge in [0.05, 0.1) is 7.11 Å². The van der Waals surface area contributed by atoms with Gasteiger partial charge in [-0.15, -0.1) is 0 Å². The molecule has 0 radical (unpaired) electrons. The minimum atomic E-state index is -0.0206. The molecule has 4 nitrogen and oxygen atoms in total. The van der Waals surface area contributed by atoms with Crippen molar-refractivity contribution < 1.29 is 14.3 Å². The SMILES string of the molecule is COc1cc(CN(C(=O)C(C)C)C(C)C)ccc1OCc1ccccc1. The van der Waals surface area contributed by atoms with Crippen molar-refractivity contribution in [3.05, 3.63) is 59.7 Å². The second-order valence-corrected chi connectivity index (χ2v) is 6.97. The van der Waals surface area contributed by atoms with Gasteiger partial charge in [0.1, 0.15) is 6.61 Å². The zero-order chi connectivity index (χ0) is 19.1. The van der Waals surface area contributed by atoms with Crippen molar-refractivity contribution in [3.63, 3.8) is 0 Å². The average molecular weight is 355 g/mol. The zero-order valence-corrected chi connectivity index (χ0v) is 16.4. The van der Waals surface area contributed by atoms with Crippen LogP contribution in [0, 0.1) is 5.92 Å². The Kier molecular flexibility index (Phi) is 7.07. The Balaban J connectivity index is 2.12. The summed E-state index contributed by atoms with van der Waals surface area (Å²) in [6.45, 7) is 8.98. The Bertz CT molecular complexity index is 711. The Morgan fingerprint density at radius 3 is 2.23 bits per heavy atom. The fourth-order valence-corrected chi connectivity index (χ4v) is 2.71. The van der Waals surface area contributed by atoms with Gasteiger partial charge in [0.2, 0.25) is 5.91 Å². The molecule has 0 aliphatic carbocycles. The molecule has 140 valence electrons. The fourth-order valence-electron chi connectivity index (χ4n) is 2.71. The maximum absolute atomic E-state index is 12.4. The van der Waals surface area contributed by atoms with Gasteiger partial charge in [-0.2, -0.15) is 0 Å². The van der Waals surface area contributed by atoms with Gasteiger partial charge in [-0.05, 0) is 37.1 Å². The molecule has 0 heterocycles. The molecular weight excluding hydrogens is 326 g/mol. The lowest BCUT2D eigenvalue weighted by atomic mass is 10.1. The van der Waals surface area contributed by atoms with Gasteiger partial charge in [-0.1, -0.05) is 50.2 Å². The third-order valence-corrected chi connectivity index (χ3v) is 4.22. The Morgan fingerprint density at radius 1 is 0.962 bits per heavy atom. The molecule has 0 spiro atoms. The van der Waals surface area contributed by atoms with E-state index >= 15 is 0 Å². The van der Waals surface area contributed by atoms with E-state index < -0.39 is 0 Å². The minimum absolute atomic E-state index is 0.0206. The van der Waals surface area contributed by atoms with Crippen LogP contribution in [-0.2, 0) is 17.9 Å². The summed E-state index contributed by atoms with van der Waals surface area (Å²) < 4.78 is 11.4. The number of amides is 1. The summed E-state index contributed by atoms with van der Waals surface area (Å²) in [6, 6.07) is 16.0. The van der Waals surface area contributed by atoms with Crippen LogP contribution in [0.15, 0.2) is 48.5 Å². The minimum Gasteiger partial charge on any atom is -0.493 e. The smallest absolute Gasteiger partial charge is 0.225 e. The molecule has 0 aliphatic heterocycles. The summed E-state index contributed by atoms with van der Waals surface area (Å²) in [5.74, 6) is 1.52. The maximum atomic E-state index is 12.4. The number of nitrogens with zero attached hydrogens (tertiary/aromatic N) is 1. The summed E-state index contributed by atoms with van der Waals surface area (Å²) in [7, 11) is 1.63. The van der Waals surface area contributed by atoms with Gasteiger partial charge in [0, 0.05) is 18.5 Å². The van der Waals surface area contributed by atoms with E-state index in [1.54, 1.807) is 7.11 Å². The van der Waals surface area contributed by atoms with Crippen LogP contribution in [0.25, 0.3) is 0 Å². The quantitative estimate of drug-likeness (QED) is 0.691. The maximum Gasteiger partial charge on any atom is 0.225 e. The molecule has 0 saturated heterocycles. The molecule has 2 rings (SSSR count). The summed E-state index contributed by atoms with van der Waals surface area (Å²) >= 11 is 0. The van der Waals surface area contributed by atoms with Crippen LogP contribution in [0.3, 0.4) is 0 Å². The summed E-state index contributed by atoms with van der Waals surface area (Å²) in [4.78, 5) is 14.3. The van der Waals surface area contributed by atoms with Crippen LogP contribution in [0.5, 0.6) is 11.5 Å². The van der Waals surface area contributed by atoms with E-state index in [-0.39, 0.29) is 17.9 Å². The molecule has 0 unspecified atom stereocenters. The molecule has 0 atom stereocenters. The fraction of sp³-hybridized carbons (Fsp3) is 0.409. The van der Waals surface area contributed by atoms with Crippen molar-refractivity contribution in [2.75, 3.05) is 7.11 Å². The molecule has 0 aromatic heterocycles. The third kappa shape index (κ3) is 5.25. The summed E-state index contributed by atoms with van der Waals surface area (Å²) in [5.41, 5.74) is 2.13. The van der Waals surface area contributed by atoms with E-state index in [0.29, 0.717) is 24.7 Å². The van der Waals surface area contributed by atoms with E-state index in [4.69, 9.17) is 9.47 Å². The lowest BCUT2D eigenvalue weighted by Gasteiger charge is -2.29. The monoisotopic (exact) mass is 355 g/mol. The first kappa shape index (κ1) is 19.8. The van der Waals surface area contributed by atoms with Gasteiger partial charge in [-0.3, -0.25) is 4.79 Å². The summed E-state index contributed by atoms with van der Waals surface area (Å²) in [6.07, 6.45) is 0. The van der Waals surface area contributed by atoms with E-state index in [0.717, 1.165) is 11.1 Å². The largest absolute Gasteiger partial charge is 0.493 e. The molecule has 0 N–H and O–H groups in total. The highest BCUT2D eigenvalue weighted by atomic mass is 16.5. The number of hydrogen-bond donors (Lipinski definition) is 0. The molecule has 2 aromatic rings. The van der Waals surface area contributed by atoms with Crippen LogP contribution >= 0.6 is 0 Å². The van der Waals surface area contributed by atoms with Crippen LogP contribution in [0.2, 0.25) is 0 Å². The molecule has 1 amide bonds. The standard InChI is InChI=1S/C22H29NO3/c1-16(2)22(24)23(17(3)4)14-19-11-12-20(21(13-19)25-5)26-15-18-9-7-6-8-10-18/h6-13,16-17H,14-15H2,1-5H3. The predicted octanol–water partition coefficient (Wildman–Crippen LogP) is 4.67. The number of methoxy groups -OCH3 is 1. The highest BCUT2D eigenvalue weighted by Crippen LogP contribution is 2.29. The zero-order valence-electron chi connectivity index (χ0n) is 16.4. The van der Waals surface area contributed by atoms with E-state index in [2.05, 4.69) is 0 Å². The number of carbonyl (C=O) groups excluding carboxylic acids is 1. The number of rotatable bonds is 8. The Morgan fingerprint density at radius 2 is 1.65 bits per heavy atom. The second kappa shape index (κ2) is 9.27. The molecule has 0 fully saturated rings. The first-order valence-electron chi connectivity index (χ1n) is 9.06. The van der Waals surface area contributed by atoms with Gasteiger partial charge >= 0.3 is 0 Å². The van der Waals surface area contributed by atoms with Crippen molar-refractivity contribution in [3.8, 4) is 11.5 Å². The van der Waals surface area contributed by atoms with E-state index in [1.165, 1.54) is 0 Å². The number of hydrogen-bond acceptors (Lipinski definition) is 3. The summed E-state index contributed by atoms with van der Waals surface area (Å²) in [5, 5.41) is 0. The number of ether oxygens (including phenoxy) is 2. The first-order valence-corrected chi connectivity index (χ1v) is 9.06. The van der Waals surface area contributed by atoms with Crippen molar-refractivity contribution in [1.29, 1.82) is 0 Å². The van der Waals surface area contributed by atoms with Crippen molar-refractivity contribution >= 4 is 5.91 Å². The first-order chi connectivity index (χ1) is 12.4. The highest BCUT2D eigenvalue weighted by Gasteiger charge is 2.20. The van der Waals surface area contributed by atoms with Gasteiger partial charge < -0.3 is 14.4 Å². The average Bonchev–Trinajstić information content (AvgIpc) is 2.64. The van der Waals surface area contributed by atoms with Crippen LogP contribution in [0.4, 0.5) is 0 Å². The molecule has 0 aliphatic rings. The third-order valence-electron chi connectivity index (χ3n) is 4.22. The topological polar surface area (TPSA) is 38.8 Å². The Hall–Kier alpha value is -2.49. The lowest BCUT2D eigenvalue weighted by Crippen LogP contribution is -2.38. The molecular formula is C22H29NO3. The van der Waals surface area contributed by atoms with E-state index in [9.17, 15) is 4.79 Å².